The molecule has 2 N–H and O–H groups in total. The van der Waals surface area contributed by atoms with Crippen molar-refractivity contribution in [2.45, 2.75) is 32.9 Å². The van der Waals surface area contributed by atoms with Gasteiger partial charge in [-0.05, 0) is 32.9 Å². The molecule has 20 heavy (non-hydrogen) atoms. The first-order valence-electron chi connectivity index (χ1n) is 6.13. The van der Waals surface area contributed by atoms with Crippen LogP contribution in [0.1, 0.15) is 26.3 Å². The van der Waals surface area contributed by atoms with Crippen LogP contribution in [0, 0.1) is 10.1 Å². The number of nitrogens with zero attached hydrogens (tertiary/aromatic N) is 1. The van der Waals surface area contributed by atoms with Crippen molar-refractivity contribution in [3.63, 3.8) is 0 Å². The number of nitro groups is 1. The van der Waals surface area contributed by atoms with Crippen LogP contribution >= 0.6 is 11.6 Å². The molecule has 0 bridgehead atoms. The number of hydrogen-bond donors (Lipinski definition) is 2. The molecule has 6 nitrogen and oxygen atoms in total. The van der Waals surface area contributed by atoms with Crippen molar-refractivity contribution in [1.82, 2.24) is 10.6 Å². The van der Waals surface area contributed by atoms with Crippen LogP contribution in [0.4, 0.5) is 5.69 Å². The Morgan fingerprint density at radius 2 is 2.05 bits per heavy atom. The molecule has 0 aliphatic carbocycles. The minimum atomic E-state index is -0.488. The van der Waals surface area contributed by atoms with Crippen molar-refractivity contribution in [2.75, 3.05) is 6.54 Å². The first kappa shape index (κ1) is 16.4. The Morgan fingerprint density at radius 3 is 2.60 bits per heavy atom. The number of nitro benzene ring substituents is 1. The van der Waals surface area contributed by atoms with Crippen molar-refractivity contribution in [3.05, 3.63) is 38.9 Å². The molecule has 0 saturated carbocycles. The van der Waals surface area contributed by atoms with E-state index in [2.05, 4.69) is 10.6 Å². The van der Waals surface area contributed by atoms with E-state index in [1.165, 1.54) is 6.07 Å². The van der Waals surface area contributed by atoms with Crippen LogP contribution in [-0.4, -0.2) is 22.9 Å². The number of rotatable bonds is 5. The zero-order valence-corrected chi connectivity index (χ0v) is 12.5. The van der Waals surface area contributed by atoms with Gasteiger partial charge in [-0.15, -0.1) is 0 Å². The van der Waals surface area contributed by atoms with Gasteiger partial charge in [0.2, 0.25) is 5.91 Å². The molecular formula is C13H18ClN3O3. The summed E-state index contributed by atoms with van der Waals surface area (Å²) >= 11 is 5.73. The van der Waals surface area contributed by atoms with Gasteiger partial charge in [-0.2, -0.15) is 0 Å². The molecule has 0 saturated heterocycles. The third-order valence-electron chi connectivity index (χ3n) is 2.36. The number of carbonyl (C=O) groups excluding carboxylic acids is 1. The Hall–Kier alpha value is -1.66. The van der Waals surface area contributed by atoms with Crippen LogP contribution in [0.2, 0.25) is 5.02 Å². The number of hydrogen-bond acceptors (Lipinski definition) is 4. The molecule has 1 aromatic carbocycles. The fraction of sp³-hybridized carbons (Fsp3) is 0.462. The van der Waals surface area contributed by atoms with Crippen LogP contribution in [0.15, 0.2) is 18.2 Å². The van der Waals surface area contributed by atoms with E-state index in [9.17, 15) is 14.9 Å². The highest BCUT2D eigenvalue weighted by Gasteiger charge is 2.16. The average molecular weight is 300 g/mol. The van der Waals surface area contributed by atoms with Crippen LogP contribution in [0.5, 0.6) is 0 Å². The van der Waals surface area contributed by atoms with E-state index < -0.39 is 4.92 Å². The lowest BCUT2D eigenvalue weighted by molar-refractivity contribution is -0.385. The molecular weight excluding hydrogens is 282 g/mol. The van der Waals surface area contributed by atoms with Crippen molar-refractivity contribution in [3.8, 4) is 0 Å². The van der Waals surface area contributed by atoms with Gasteiger partial charge in [0.05, 0.1) is 11.5 Å². The Morgan fingerprint density at radius 1 is 1.40 bits per heavy atom. The van der Waals surface area contributed by atoms with Crippen molar-refractivity contribution in [1.29, 1.82) is 0 Å². The molecule has 1 aromatic rings. The van der Waals surface area contributed by atoms with Crippen LogP contribution in [-0.2, 0) is 11.3 Å². The minimum Gasteiger partial charge on any atom is -0.350 e. The molecule has 0 spiro atoms. The lowest BCUT2D eigenvalue weighted by Crippen LogP contribution is -2.44. The standard InChI is InChI=1S/C13H18ClN3O3/c1-13(2,3)16-12(18)8-15-7-9-4-5-10(14)6-11(9)17(19)20/h4-6,15H,7-8H2,1-3H3,(H,16,18). The smallest absolute Gasteiger partial charge is 0.275 e. The Kier molecular flexibility index (Phi) is 5.47. The second-order valence-corrected chi connectivity index (χ2v) is 5.87. The first-order valence-corrected chi connectivity index (χ1v) is 6.51. The molecule has 110 valence electrons. The molecule has 1 rings (SSSR count). The minimum absolute atomic E-state index is 0.0544. The summed E-state index contributed by atoms with van der Waals surface area (Å²) in [7, 11) is 0. The van der Waals surface area contributed by atoms with Crippen molar-refractivity contribution < 1.29 is 9.72 Å². The Balaban J connectivity index is 2.58. The molecule has 0 radical (unpaired) electrons. The fourth-order valence-electron chi connectivity index (χ4n) is 1.63. The Labute approximate surface area is 122 Å². The van der Waals surface area contributed by atoms with Crippen LogP contribution in [0.3, 0.4) is 0 Å². The van der Waals surface area contributed by atoms with Gasteiger partial charge >= 0.3 is 0 Å². The van der Waals surface area contributed by atoms with Crippen LogP contribution in [0.25, 0.3) is 0 Å². The van der Waals surface area contributed by atoms with Gasteiger partial charge in [-0.3, -0.25) is 14.9 Å². The zero-order chi connectivity index (χ0) is 15.3. The number of carbonyl (C=O) groups is 1. The summed E-state index contributed by atoms with van der Waals surface area (Å²) in [4.78, 5) is 22.0. The molecule has 1 amide bonds. The van der Waals surface area contributed by atoms with Gasteiger partial charge in [0, 0.05) is 28.7 Å². The summed E-state index contributed by atoms with van der Waals surface area (Å²) in [5, 5.41) is 16.9. The maximum Gasteiger partial charge on any atom is 0.275 e. The predicted octanol–water partition coefficient (Wildman–Crippen LogP) is 2.25. The topological polar surface area (TPSA) is 84.3 Å². The Bertz CT molecular complexity index is 512. The highest BCUT2D eigenvalue weighted by atomic mass is 35.5. The SMILES string of the molecule is CC(C)(C)NC(=O)CNCc1ccc(Cl)cc1[N+](=O)[O-]. The molecule has 0 heterocycles. The number of nitrogens with one attached hydrogen (secondary N) is 2. The monoisotopic (exact) mass is 299 g/mol. The van der Waals surface area contributed by atoms with Gasteiger partial charge < -0.3 is 10.6 Å². The molecule has 0 aliphatic heterocycles. The molecule has 0 atom stereocenters. The van der Waals surface area contributed by atoms with E-state index in [1.54, 1.807) is 12.1 Å². The van der Waals surface area contributed by atoms with Crippen molar-refractivity contribution >= 4 is 23.2 Å². The predicted molar refractivity (Wildman–Crippen MR) is 77.7 cm³/mol. The van der Waals surface area contributed by atoms with Gasteiger partial charge in [0.25, 0.3) is 5.69 Å². The third kappa shape index (κ3) is 5.54. The summed E-state index contributed by atoms with van der Waals surface area (Å²) in [6.07, 6.45) is 0. The lowest BCUT2D eigenvalue weighted by atomic mass is 10.1. The zero-order valence-electron chi connectivity index (χ0n) is 11.7. The molecule has 7 heteroatoms. The van der Waals surface area contributed by atoms with Crippen LogP contribution < -0.4 is 10.6 Å². The number of halogens is 1. The van der Waals surface area contributed by atoms with Gasteiger partial charge in [0.1, 0.15) is 0 Å². The maximum atomic E-state index is 11.6. The molecule has 0 fully saturated rings. The first-order chi connectivity index (χ1) is 9.19. The molecule has 0 aromatic heterocycles. The maximum absolute atomic E-state index is 11.6. The molecule has 0 unspecified atom stereocenters. The van der Waals surface area contributed by atoms with E-state index >= 15 is 0 Å². The fourth-order valence-corrected chi connectivity index (χ4v) is 1.80. The molecule has 0 aliphatic rings. The van der Waals surface area contributed by atoms with E-state index in [1.807, 2.05) is 20.8 Å². The highest BCUT2D eigenvalue weighted by molar-refractivity contribution is 6.30. The van der Waals surface area contributed by atoms with E-state index in [0.29, 0.717) is 10.6 Å². The highest BCUT2D eigenvalue weighted by Crippen LogP contribution is 2.22. The lowest BCUT2D eigenvalue weighted by Gasteiger charge is -2.20. The van der Waals surface area contributed by atoms with Gasteiger partial charge in [-0.1, -0.05) is 11.6 Å². The number of benzene rings is 1. The summed E-state index contributed by atoms with van der Waals surface area (Å²) in [5.41, 5.74) is 0.134. The average Bonchev–Trinajstić information content (AvgIpc) is 2.28. The summed E-state index contributed by atoms with van der Waals surface area (Å²) < 4.78 is 0. The van der Waals surface area contributed by atoms with Crippen molar-refractivity contribution in [2.24, 2.45) is 0 Å². The summed E-state index contributed by atoms with van der Waals surface area (Å²) in [6, 6.07) is 4.46. The van der Waals surface area contributed by atoms with Gasteiger partial charge in [-0.25, -0.2) is 0 Å². The van der Waals surface area contributed by atoms with Gasteiger partial charge in [0.15, 0.2) is 0 Å². The largest absolute Gasteiger partial charge is 0.350 e. The third-order valence-corrected chi connectivity index (χ3v) is 2.59. The second-order valence-electron chi connectivity index (χ2n) is 5.43. The quantitative estimate of drug-likeness (QED) is 0.645. The van der Waals surface area contributed by atoms with E-state index in [0.717, 1.165) is 0 Å². The number of amides is 1. The second kappa shape index (κ2) is 6.67. The van der Waals surface area contributed by atoms with E-state index in [-0.39, 0.29) is 30.2 Å². The summed E-state index contributed by atoms with van der Waals surface area (Å²) in [6.45, 7) is 5.97. The van der Waals surface area contributed by atoms with E-state index in [4.69, 9.17) is 11.6 Å². The summed E-state index contributed by atoms with van der Waals surface area (Å²) in [5.74, 6) is -0.158. The normalized spacial score (nSPS) is 11.2.